The molecule has 0 unspecified atom stereocenters. The Morgan fingerprint density at radius 3 is 2.96 bits per heavy atom. The highest BCUT2D eigenvalue weighted by Gasteiger charge is 2.26. The molecule has 1 N–H and O–H groups in total. The van der Waals surface area contributed by atoms with Crippen LogP contribution in [0.1, 0.15) is 11.3 Å². The number of nitrogens with one attached hydrogen (secondary N) is 1. The van der Waals surface area contributed by atoms with Crippen LogP contribution in [-0.2, 0) is 11.2 Å². The first kappa shape index (κ1) is 15.5. The first-order valence-corrected chi connectivity index (χ1v) is 8.29. The van der Waals surface area contributed by atoms with Gasteiger partial charge in [-0.1, -0.05) is 6.08 Å². The fraction of sp³-hybridized carbons (Fsp3) is 0.118. The molecule has 2 aliphatic heterocycles. The quantitative estimate of drug-likeness (QED) is 0.846. The van der Waals surface area contributed by atoms with E-state index in [0.29, 0.717) is 22.4 Å². The van der Waals surface area contributed by atoms with Crippen molar-refractivity contribution in [2.24, 2.45) is 0 Å². The zero-order chi connectivity index (χ0) is 17.4. The van der Waals surface area contributed by atoms with Crippen LogP contribution in [0.25, 0.3) is 6.08 Å². The molecule has 1 fully saturated rings. The Balaban J connectivity index is 1.66. The number of carbonyl (C=O) groups excluding carboxylic acids is 2. The number of fused-ring (bicyclic) bond motifs is 1. The number of anilines is 2. The number of nitrogens with zero attached hydrogens (tertiary/aromatic N) is 2. The summed E-state index contributed by atoms with van der Waals surface area (Å²) in [5.74, 6) is 1.31. The van der Waals surface area contributed by atoms with Crippen molar-refractivity contribution in [1.82, 2.24) is 10.3 Å². The van der Waals surface area contributed by atoms with Crippen LogP contribution in [0.2, 0.25) is 0 Å². The second-order valence-corrected chi connectivity index (χ2v) is 6.36. The minimum atomic E-state index is -0.404. The summed E-state index contributed by atoms with van der Waals surface area (Å²) in [6.07, 6.45) is 7.91. The van der Waals surface area contributed by atoms with Crippen LogP contribution in [0.4, 0.5) is 16.4 Å². The first-order valence-electron chi connectivity index (χ1n) is 7.47. The number of pyridine rings is 1. The Kier molecular flexibility index (Phi) is 3.81. The Bertz CT molecular complexity index is 914. The lowest BCUT2D eigenvalue weighted by atomic mass is 10.1. The fourth-order valence-electron chi connectivity index (χ4n) is 2.60. The summed E-state index contributed by atoms with van der Waals surface area (Å²) in [4.78, 5) is 29.3. The molecule has 126 valence electrons. The molecule has 2 amide bonds. The molecular formula is C17H13N3O4S. The topological polar surface area (TPSA) is 84.7 Å². The van der Waals surface area contributed by atoms with Crippen molar-refractivity contribution in [3.8, 4) is 5.88 Å². The van der Waals surface area contributed by atoms with E-state index >= 15 is 0 Å². The molecule has 0 bridgehead atoms. The number of furan rings is 1. The van der Waals surface area contributed by atoms with E-state index < -0.39 is 5.91 Å². The fourth-order valence-corrected chi connectivity index (χ4v) is 3.27. The molecule has 0 aliphatic carbocycles. The average molecular weight is 355 g/mol. The van der Waals surface area contributed by atoms with E-state index in [0.717, 1.165) is 29.4 Å². The summed E-state index contributed by atoms with van der Waals surface area (Å²) >= 11 is 0.864. The Labute approximate surface area is 147 Å². The van der Waals surface area contributed by atoms with Gasteiger partial charge in [0.15, 0.2) is 0 Å². The predicted molar refractivity (Wildman–Crippen MR) is 93.6 cm³/mol. The van der Waals surface area contributed by atoms with E-state index in [1.807, 2.05) is 29.3 Å². The smallest absolute Gasteiger partial charge is 0.290 e. The second-order valence-electron chi connectivity index (χ2n) is 5.35. The van der Waals surface area contributed by atoms with Gasteiger partial charge in [-0.3, -0.25) is 19.8 Å². The number of hydrogen-bond donors (Lipinski definition) is 1. The number of methoxy groups -OCH3 is 1. The van der Waals surface area contributed by atoms with Crippen molar-refractivity contribution in [2.75, 3.05) is 12.0 Å². The predicted octanol–water partition coefficient (Wildman–Crippen LogP) is 3.22. The Morgan fingerprint density at radius 2 is 2.28 bits per heavy atom. The van der Waals surface area contributed by atoms with Crippen LogP contribution in [0.3, 0.4) is 0 Å². The highest BCUT2D eigenvalue weighted by molar-refractivity contribution is 8.18. The van der Waals surface area contributed by atoms with Crippen molar-refractivity contribution >= 4 is 40.6 Å². The molecule has 1 saturated heterocycles. The van der Waals surface area contributed by atoms with Crippen molar-refractivity contribution < 1.29 is 18.7 Å². The van der Waals surface area contributed by atoms with E-state index in [1.165, 1.54) is 0 Å². The normalized spacial score (nSPS) is 17.8. The number of hydrogen-bond acceptors (Lipinski definition) is 7. The number of rotatable bonds is 3. The minimum Gasteiger partial charge on any atom is -0.481 e. The molecule has 0 atom stereocenters. The lowest BCUT2D eigenvalue weighted by Crippen LogP contribution is -2.17. The number of imide groups is 1. The molecule has 2 aliphatic rings. The van der Waals surface area contributed by atoms with Gasteiger partial charge in [0.1, 0.15) is 5.76 Å². The standard InChI is InChI=1S/C17H13N3O4S/c1-23-14-5-4-11(9-18-14)20-6-2-3-10-7-12(24-16(10)20)8-13-15(21)19-17(22)25-13/h2,4-9H,3H2,1H3,(H,19,21,22)/b13-8-. The van der Waals surface area contributed by atoms with Gasteiger partial charge < -0.3 is 9.15 Å². The van der Waals surface area contributed by atoms with Gasteiger partial charge >= 0.3 is 0 Å². The molecule has 4 rings (SSSR count). The first-order chi connectivity index (χ1) is 12.1. The molecule has 25 heavy (non-hydrogen) atoms. The van der Waals surface area contributed by atoms with Gasteiger partial charge in [-0.15, -0.1) is 0 Å². The van der Waals surface area contributed by atoms with Crippen molar-refractivity contribution in [3.05, 3.63) is 52.9 Å². The number of allylic oxidation sites excluding steroid dienone is 1. The maximum Gasteiger partial charge on any atom is 0.290 e. The molecule has 2 aromatic heterocycles. The van der Waals surface area contributed by atoms with Crippen LogP contribution < -0.4 is 15.0 Å². The summed E-state index contributed by atoms with van der Waals surface area (Å²) in [5.41, 5.74) is 1.81. The second kappa shape index (κ2) is 6.14. The largest absolute Gasteiger partial charge is 0.481 e. The summed E-state index contributed by atoms with van der Waals surface area (Å²) in [5, 5.41) is 1.85. The lowest BCUT2D eigenvalue weighted by molar-refractivity contribution is -0.115. The highest BCUT2D eigenvalue weighted by Crippen LogP contribution is 2.36. The number of carbonyl (C=O) groups is 2. The molecule has 4 heterocycles. The molecule has 0 aromatic carbocycles. The highest BCUT2D eigenvalue weighted by atomic mass is 32.2. The third-order valence-corrected chi connectivity index (χ3v) is 4.55. The third kappa shape index (κ3) is 2.91. The van der Waals surface area contributed by atoms with Gasteiger partial charge in [0.2, 0.25) is 11.8 Å². The van der Waals surface area contributed by atoms with Gasteiger partial charge in [-0.25, -0.2) is 4.98 Å². The summed E-state index contributed by atoms with van der Waals surface area (Å²) in [6.45, 7) is 0. The van der Waals surface area contributed by atoms with Crippen LogP contribution in [0.5, 0.6) is 5.88 Å². The van der Waals surface area contributed by atoms with Crippen molar-refractivity contribution in [3.63, 3.8) is 0 Å². The van der Waals surface area contributed by atoms with E-state index in [2.05, 4.69) is 10.3 Å². The molecule has 8 heteroatoms. The number of amides is 2. The van der Waals surface area contributed by atoms with Crippen molar-refractivity contribution in [1.29, 1.82) is 0 Å². The minimum absolute atomic E-state index is 0.321. The van der Waals surface area contributed by atoms with Crippen LogP contribution in [0.15, 0.2) is 46.0 Å². The van der Waals surface area contributed by atoms with Gasteiger partial charge in [0.25, 0.3) is 11.1 Å². The molecule has 0 saturated carbocycles. The third-order valence-electron chi connectivity index (χ3n) is 3.74. The monoisotopic (exact) mass is 355 g/mol. The van der Waals surface area contributed by atoms with Crippen molar-refractivity contribution in [2.45, 2.75) is 6.42 Å². The van der Waals surface area contributed by atoms with Crippen LogP contribution in [-0.4, -0.2) is 23.2 Å². The number of ether oxygens (including phenoxy) is 1. The zero-order valence-corrected chi connectivity index (χ0v) is 14.0. The van der Waals surface area contributed by atoms with Crippen LogP contribution in [0, 0.1) is 0 Å². The number of thioether (sulfide) groups is 1. The van der Waals surface area contributed by atoms with E-state index in [4.69, 9.17) is 9.15 Å². The van der Waals surface area contributed by atoms with Gasteiger partial charge in [0, 0.05) is 23.9 Å². The van der Waals surface area contributed by atoms with E-state index in [9.17, 15) is 9.59 Å². The molecule has 0 spiro atoms. The Hall–Kier alpha value is -3.00. The Morgan fingerprint density at radius 1 is 1.40 bits per heavy atom. The summed E-state index contributed by atoms with van der Waals surface area (Å²) in [7, 11) is 1.56. The average Bonchev–Trinajstić information content (AvgIpc) is 3.17. The molecule has 0 radical (unpaired) electrons. The maximum atomic E-state index is 11.7. The SMILES string of the molecule is COc1ccc(N2C=CCc3cc(/C=C4\SC(=O)NC4=O)oc32)cn1. The van der Waals surface area contributed by atoms with Crippen LogP contribution >= 0.6 is 11.8 Å². The molecule has 7 nitrogen and oxygen atoms in total. The summed E-state index contributed by atoms with van der Waals surface area (Å²) < 4.78 is 11.0. The van der Waals surface area contributed by atoms with E-state index in [1.54, 1.807) is 25.4 Å². The van der Waals surface area contributed by atoms with Gasteiger partial charge in [-0.2, -0.15) is 0 Å². The van der Waals surface area contributed by atoms with Gasteiger partial charge in [-0.05, 0) is 30.3 Å². The summed E-state index contributed by atoms with van der Waals surface area (Å²) in [6, 6.07) is 5.52. The van der Waals surface area contributed by atoms with E-state index in [-0.39, 0.29) is 5.24 Å². The zero-order valence-electron chi connectivity index (χ0n) is 13.2. The number of aromatic nitrogens is 1. The maximum absolute atomic E-state index is 11.7. The van der Waals surface area contributed by atoms with Gasteiger partial charge in [0.05, 0.1) is 23.9 Å². The molecular weight excluding hydrogens is 342 g/mol. The molecule has 2 aromatic rings. The lowest BCUT2D eigenvalue weighted by Gasteiger charge is -2.21.